The van der Waals surface area contributed by atoms with Crippen molar-refractivity contribution in [2.24, 2.45) is 0 Å². The number of benzene rings is 14. The van der Waals surface area contributed by atoms with Crippen LogP contribution in [0.2, 0.25) is 0 Å². The van der Waals surface area contributed by atoms with E-state index in [1.165, 1.54) is 32.7 Å². The first-order chi connectivity index (χ1) is 38.5. The second-order valence-corrected chi connectivity index (χ2v) is 20.1. The Labute approximate surface area is 451 Å². The molecule has 0 atom stereocenters. The Balaban J connectivity index is 1.01. The molecule has 0 heterocycles. The molecule has 0 saturated heterocycles. The summed E-state index contributed by atoms with van der Waals surface area (Å²) in [7, 11) is 0. The van der Waals surface area contributed by atoms with Gasteiger partial charge in [-0.15, -0.1) is 0 Å². The second kappa shape index (κ2) is 19.7. The van der Waals surface area contributed by atoms with Crippen LogP contribution in [0.15, 0.2) is 267 Å². The Morgan fingerprint density at radius 1 is 0.244 bits per heavy atom. The highest BCUT2D eigenvalue weighted by molar-refractivity contribution is 6.12. The molecule has 0 amide bonds. The van der Waals surface area contributed by atoms with E-state index < -0.39 is 0 Å². The molecule has 0 aliphatic rings. The molecule has 14 rings (SSSR count). The third kappa shape index (κ3) is 8.47. The van der Waals surface area contributed by atoms with Gasteiger partial charge < -0.3 is 19.7 Å². The maximum atomic E-state index is 10.4. The van der Waals surface area contributed by atoms with E-state index in [0.717, 1.165) is 98.7 Å². The first-order valence-corrected chi connectivity index (χ1v) is 26.5. The largest absolute Gasteiger partial charge is 0.457 e. The summed E-state index contributed by atoms with van der Waals surface area (Å²) in [5.41, 5.74) is 12.2. The smallest absolute Gasteiger partial charge is 0.136 e. The van der Waals surface area contributed by atoms with Crippen molar-refractivity contribution in [1.29, 1.82) is 0 Å². The molecule has 14 aromatic carbocycles. The molecule has 2 N–H and O–H groups in total. The van der Waals surface area contributed by atoms with Gasteiger partial charge in [0.1, 0.15) is 23.0 Å². The third-order valence-corrected chi connectivity index (χ3v) is 15.4. The van der Waals surface area contributed by atoms with Crippen molar-refractivity contribution < 1.29 is 19.7 Å². The fourth-order valence-electron chi connectivity index (χ4n) is 11.7. The molecule has 4 heteroatoms. The minimum atomic E-state index is -0.0619. The molecule has 0 spiro atoms. The molecule has 0 saturated carbocycles. The molecule has 0 fully saturated rings. The number of aliphatic hydroxyl groups is 2. The summed E-state index contributed by atoms with van der Waals surface area (Å²) in [5.74, 6) is 2.70. The maximum absolute atomic E-state index is 10.4. The Morgan fingerprint density at radius 2 is 0.641 bits per heavy atom. The number of fused-ring (bicyclic) bond motifs is 6. The first-order valence-electron chi connectivity index (χ1n) is 26.5. The van der Waals surface area contributed by atoms with Crippen LogP contribution >= 0.6 is 0 Å². The van der Waals surface area contributed by atoms with E-state index in [9.17, 15) is 10.2 Å². The Bertz CT molecular complexity index is 4330. The van der Waals surface area contributed by atoms with Gasteiger partial charge in [-0.05, 0) is 193 Å². The van der Waals surface area contributed by atoms with E-state index in [2.05, 4.69) is 206 Å². The van der Waals surface area contributed by atoms with Gasteiger partial charge in [-0.25, -0.2) is 0 Å². The van der Waals surface area contributed by atoms with Crippen molar-refractivity contribution in [3.8, 4) is 78.6 Å². The van der Waals surface area contributed by atoms with Crippen LogP contribution < -0.4 is 9.47 Å². The summed E-state index contributed by atoms with van der Waals surface area (Å²) in [6, 6.07) is 93.6. The third-order valence-electron chi connectivity index (χ3n) is 15.4. The van der Waals surface area contributed by atoms with Crippen molar-refractivity contribution in [3.05, 3.63) is 278 Å². The average molecular weight is 1000 g/mol. The van der Waals surface area contributed by atoms with Gasteiger partial charge in [0, 0.05) is 11.1 Å². The summed E-state index contributed by atoms with van der Waals surface area (Å²) in [6.45, 7) is -0.124. The fourth-order valence-corrected chi connectivity index (χ4v) is 11.7. The van der Waals surface area contributed by atoms with Gasteiger partial charge in [0.05, 0.1) is 13.2 Å². The minimum Gasteiger partial charge on any atom is -0.457 e. The lowest BCUT2D eigenvalue weighted by atomic mass is 9.89. The van der Waals surface area contributed by atoms with Crippen molar-refractivity contribution in [3.63, 3.8) is 0 Å². The van der Waals surface area contributed by atoms with Crippen molar-refractivity contribution in [2.75, 3.05) is 0 Å². The molecule has 0 aliphatic carbocycles. The van der Waals surface area contributed by atoms with Crippen LogP contribution in [0.4, 0.5) is 0 Å². The standard InChI is InChI=1S/C74H50O4/c75-45-47-37-53-25-31-59(43-69(53)67(39-47)51-13-3-1-4-14-51)77-71-35-29-57-41-55(63-23-11-19-49-17-7-9-21-61(49)63)27-33-65(57)73(71)74-66-34-28-56(64-24-12-20-50-18-8-10-22-62(50)64)42-58(66)30-36-72(74)78-60-32-26-54-38-48(46-76)40-68(70(54)44-60)52-15-5-2-6-16-52/h1-44,75-76H,45-46H2. The topological polar surface area (TPSA) is 58.9 Å². The Kier molecular flexibility index (Phi) is 11.8. The molecule has 0 aliphatic heterocycles. The molecular weight excluding hydrogens is 953 g/mol. The maximum Gasteiger partial charge on any atom is 0.136 e. The van der Waals surface area contributed by atoms with Gasteiger partial charge in [0.15, 0.2) is 0 Å². The summed E-state index contributed by atoms with van der Waals surface area (Å²) < 4.78 is 14.6. The van der Waals surface area contributed by atoms with Crippen LogP contribution in [0.3, 0.4) is 0 Å². The normalized spacial score (nSPS) is 11.6. The lowest BCUT2D eigenvalue weighted by Gasteiger charge is -2.21. The number of hydrogen-bond donors (Lipinski definition) is 2. The van der Waals surface area contributed by atoms with Gasteiger partial charge in [-0.1, -0.05) is 194 Å². The van der Waals surface area contributed by atoms with Gasteiger partial charge in [-0.2, -0.15) is 0 Å². The van der Waals surface area contributed by atoms with Crippen LogP contribution in [0, 0.1) is 0 Å². The molecule has 4 nitrogen and oxygen atoms in total. The predicted molar refractivity (Wildman–Crippen MR) is 324 cm³/mol. The zero-order valence-electron chi connectivity index (χ0n) is 42.5. The van der Waals surface area contributed by atoms with E-state index in [1.54, 1.807) is 0 Å². The van der Waals surface area contributed by atoms with E-state index in [4.69, 9.17) is 9.47 Å². The fraction of sp³-hybridized carbons (Fsp3) is 0.0270. The first kappa shape index (κ1) is 46.7. The number of rotatable bonds is 11. The highest BCUT2D eigenvalue weighted by atomic mass is 16.5. The highest BCUT2D eigenvalue weighted by Crippen LogP contribution is 2.50. The second-order valence-electron chi connectivity index (χ2n) is 20.1. The van der Waals surface area contributed by atoms with Crippen LogP contribution in [0.25, 0.3) is 120 Å². The minimum absolute atomic E-state index is 0.0619. The zero-order valence-corrected chi connectivity index (χ0v) is 42.5. The summed E-state index contributed by atoms with van der Waals surface area (Å²) in [6.07, 6.45) is 0. The Morgan fingerprint density at radius 3 is 1.09 bits per heavy atom. The lowest BCUT2D eigenvalue weighted by molar-refractivity contribution is 0.282. The van der Waals surface area contributed by atoms with Crippen LogP contribution in [0.1, 0.15) is 11.1 Å². The molecule has 0 bridgehead atoms. The number of hydrogen-bond acceptors (Lipinski definition) is 4. The van der Waals surface area contributed by atoms with E-state index in [0.29, 0.717) is 23.0 Å². The SMILES string of the molecule is OCc1cc(-c2ccccc2)c2cc(Oc3ccc4cc(-c5cccc6ccccc56)ccc4c3-c3c(Oc4ccc5cc(CO)cc(-c6ccccc6)c5c4)ccc4cc(-c5cccc6ccccc56)ccc34)ccc2c1. The monoisotopic (exact) mass is 1000 g/mol. The van der Waals surface area contributed by atoms with E-state index >= 15 is 0 Å². The van der Waals surface area contributed by atoms with Gasteiger partial charge in [-0.3, -0.25) is 0 Å². The molecule has 0 aromatic heterocycles. The van der Waals surface area contributed by atoms with Crippen LogP contribution in [-0.4, -0.2) is 10.2 Å². The van der Waals surface area contributed by atoms with E-state index in [-0.39, 0.29) is 13.2 Å². The summed E-state index contributed by atoms with van der Waals surface area (Å²) in [5, 5.41) is 33.7. The predicted octanol–water partition coefficient (Wildman–Crippen LogP) is 19.5. The molecule has 14 aromatic rings. The average Bonchev–Trinajstić information content (AvgIpc) is 3.63. The molecular formula is C74H50O4. The van der Waals surface area contributed by atoms with E-state index in [1.807, 2.05) is 60.7 Å². The van der Waals surface area contributed by atoms with Gasteiger partial charge in [0.25, 0.3) is 0 Å². The quantitative estimate of drug-likeness (QED) is 0.136. The van der Waals surface area contributed by atoms with Gasteiger partial charge in [0.2, 0.25) is 0 Å². The van der Waals surface area contributed by atoms with Crippen molar-refractivity contribution >= 4 is 64.6 Å². The zero-order chi connectivity index (χ0) is 52.1. The van der Waals surface area contributed by atoms with Crippen molar-refractivity contribution in [1.82, 2.24) is 0 Å². The summed E-state index contributed by atoms with van der Waals surface area (Å²) in [4.78, 5) is 0. The number of ether oxygens (including phenoxy) is 2. The molecule has 0 radical (unpaired) electrons. The Hall–Kier alpha value is -9.84. The van der Waals surface area contributed by atoms with Gasteiger partial charge >= 0.3 is 0 Å². The lowest BCUT2D eigenvalue weighted by Crippen LogP contribution is -1.96. The van der Waals surface area contributed by atoms with Crippen LogP contribution in [0.5, 0.6) is 23.0 Å². The molecule has 78 heavy (non-hydrogen) atoms. The highest BCUT2D eigenvalue weighted by Gasteiger charge is 2.23. The molecule has 370 valence electrons. The van der Waals surface area contributed by atoms with Crippen molar-refractivity contribution in [2.45, 2.75) is 13.2 Å². The van der Waals surface area contributed by atoms with Crippen LogP contribution in [-0.2, 0) is 13.2 Å². The molecule has 0 unspecified atom stereocenters. The number of aliphatic hydroxyl groups excluding tert-OH is 2. The summed E-state index contributed by atoms with van der Waals surface area (Å²) >= 11 is 0.